The molecule has 14 heteroatoms. The van der Waals surface area contributed by atoms with E-state index in [0.29, 0.717) is 41.9 Å². The Bertz CT molecular complexity index is 1500. The van der Waals surface area contributed by atoms with Gasteiger partial charge in [0.25, 0.3) is 5.91 Å². The van der Waals surface area contributed by atoms with Crippen LogP contribution in [0.4, 0.5) is 17.5 Å². The zero-order chi connectivity index (χ0) is 28.4. The summed E-state index contributed by atoms with van der Waals surface area (Å²) in [4.78, 5) is 69.2. The van der Waals surface area contributed by atoms with Crippen molar-refractivity contribution in [1.29, 1.82) is 0 Å². The molecule has 0 aliphatic carbocycles. The molecule has 0 unspecified atom stereocenters. The number of nitrogens with two attached hydrogens (primary N) is 2. The smallest absolute Gasteiger partial charge is 0.328 e. The highest BCUT2D eigenvalue weighted by molar-refractivity contribution is 6.02. The maximum absolute atomic E-state index is 13.0. The molecule has 1 fully saturated rings. The average Bonchev–Trinajstić information content (AvgIpc) is 3.49. The second-order valence-corrected chi connectivity index (χ2v) is 9.65. The van der Waals surface area contributed by atoms with Gasteiger partial charge in [0.2, 0.25) is 17.8 Å². The number of amides is 3. The van der Waals surface area contributed by atoms with Gasteiger partial charge in [-0.2, -0.15) is 9.97 Å². The molecule has 0 saturated carbocycles. The van der Waals surface area contributed by atoms with Crippen LogP contribution in [0.2, 0.25) is 0 Å². The van der Waals surface area contributed by atoms with Crippen molar-refractivity contribution in [2.45, 2.75) is 44.7 Å². The highest BCUT2D eigenvalue weighted by Gasteiger charge is 2.30. The summed E-state index contributed by atoms with van der Waals surface area (Å²) in [6.07, 6.45) is 3.35. The highest BCUT2D eigenvalue weighted by atomic mass is 16.5. The van der Waals surface area contributed by atoms with Gasteiger partial charge in [0.15, 0.2) is 17.0 Å². The van der Waals surface area contributed by atoms with Crippen LogP contribution in [0.3, 0.4) is 0 Å². The number of anilines is 3. The second-order valence-electron chi connectivity index (χ2n) is 9.65. The standard InChI is InChI=1S/C26H29N9O5/c1-40-25(39)17(3-2-9-35-19(36)6-7-20(35)37)31-24(38)15-4-5-18-14(11-15)8-10-34(18)13-16-12-29-23-21(30-16)22(27)32-26(28)33-23/h4-5,11-12,17H,2-3,6-10,13H2,1H3,(H,31,38)(H4,27,28,29,32,33)/t17-/m0/s1. The Morgan fingerprint density at radius 2 is 1.88 bits per heavy atom. The summed E-state index contributed by atoms with van der Waals surface area (Å²) >= 11 is 0. The predicted molar refractivity (Wildman–Crippen MR) is 144 cm³/mol. The van der Waals surface area contributed by atoms with Gasteiger partial charge in [-0.05, 0) is 43.0 Å². The Balaban J connectivity index is 1.23. The number of esters is 1. The molecule has 2 aliphatic heterocycles. The van der Waals surface area contributed by atoms with Crippen molar-refractivity contribution < 1.29 is 23.9 Å². The molecule has 3 aromatic rings. The molecule has 1 aromatic carbocycles. The fraction of sp³-hybridized carbons (Fsp3) is 0.385. The van der Waals surface area contributed by atoms with Crippen LogP contribution in [0.5, 0.6) is 0 Å². The fourth-order valence-corrected chi connectivity index (χ4v) is 4.99. The van der Waals surface area contributed by atoms with Crippen molar-refractivity contribution in [2.24, 2.45) is 0 Å². The molecule has 0 bridgehead atoms. The first-order valence-corrected chi connectivity index (χ1v) is 12.9. The lowest BCUT2D eigenvalue weighted by Crippen LogP contribution is -2.42. The number of imide groups is 1. The van der Waals surface area contributed by atoms with Crippen LogP contribution < -0.4 is 21.7 Å². The number of aromatic nitrogens is 4. The van der Waals surface area contributed by atoms with Crippen molar-refractivity contribution in [3.63, 3.8) is 0 Å². The van der Waals surface area contributed by atoms with E-state index >= 15 is 0 Å². The first-order valence-electron chi connectivity index (χ1n) is 12.9. The van der Waals surface area contributed by atoms with Crippen LogP contribution >= 0.6 is 0 Å². The number of methoxy groups -OCH3 is 1. The molecule has 4 heterocycles. The third-order valence-corrected chi connectivity index (χ3v) is 7.01. The lowest BCUT2D eigenvalue weighted by molar-refractivity contribution is -0.143. The third kappa shape index (κ3) is 5.46. The van der Waals surface area contributed by atoms with E-state index in [4.69, 9.17) is 16.2 Å². The van der Waals surface area contributed by atoms with Crippen LogP contribution in [0, 0.1) is 0 Å². The molecule has 2 aliphatic rings. The zero-order valence-electron chi connectivity index (χ0n) is 21.9. The van der Waals surface area contributed by atoms with E-state index in [1.165, 1.54) is 12.0 Å². The topological polar surface area (TPSA) is 200 Å². The molecule has 2 aromatic heterocycles. The van der Waals surface area contributed by atoms with Crippen molar-refractivity contribution in [3.8, 4) is 0 Å². The lowest BCUT2D eigenvalue weighted by Gasteiger charge is -2.20. The largest absolute Gasteiger partial charge is 0.467 e. The van der Waals surface area contributed by atoms with Crippen molar-refractivity contribution in [3.05, 3.63) is 41.2 Å². The molecule has 3 amide bonds. The van der Waals surface area contributed by atoms with Gasteiger partial charge < -0.3 is 26.4 Å². The van der Waals surface area contributed by atoms with E-state index in [1.54, 1.807) is 18.3 Å². The van der Waals surface area contributed by atoms with E-state index in [9.17, 15) is 19.2 Å². The molecule has 0 radical (unpaired) electrons. The maximum Gasteiger partial charge on any atom is 0.328 e. The number of nitrogens with one attached hydrogen (secondary N) is 1. The predicted octanol–water partition coefficient (Wildman–Crippen LogP) is 0.348. The van der Waals surface area contributed by atoms with E-state index in [0.717, 1.165) is 17.7 Å². The summed E-state index contributed by atoms with van der Waals surface area (Å²) in [6.45, 7) is 1.38. The minimum absolute atomic E-state index is 0.0355. The van der Waals surface area contributed by atoms with Crippen LogP contribution in [0.1, 0.15) is 47.3 Å². The third-order valence-electron chi connectivity index (χ3n) is 7.01. The van der Waals surface area contributed by atoms with E-state index in [-0.39, 0.29) is 49.4 Å². The minimum Gasteiger partial charge on any atom is -0.467 e. The van der Waals surface area contributed by atoms with Gasteiger partial charge in [0.05, 0.1) is 25.5 Å². The van der Waals surface area contributed by atoms with Crippen molar-refractivity contribution in [2.75, 3.05) is 36.6 Å². The quantitative estimate of drug-likeness (QED) is 0.246. The van der Waals surface area contributed by atoms with E-state index in [2.05, 4.69) is 30.2 Å². The van der Waals surface area contributed by atoms with Crippen LogP contribution in [-0.4, -0.2) is 74.8 Å². The Morgan fingerprint density at radius 3 is 2.62 bits per heavy atom. The van der Waals surface area contributed by atoms with E-state index in [1.807, 2.05) is 6.07 Å². The van der Waals surface area contributed by atoms with Gasteiger partial charge in [-0.3, -0.25) is 19.3 Å². The summed E-state index contributed by atoms with van der Waals surface area (Å²) < 4.78 is 4.86. The Labute approximate surface area is 229 Å². The molecular formula is C26H29N9O5. The highest BCUT2D eigenvalue weighted by Crippen LogP contribution is 2.30. The number of rotatable bonds is 9. The molecule has 5 N–H and O–H groups in total. The van der Waals surface area contributed by atoms with Crippen molar-refractivity contribution >= 4 is 52.3 Å². The summed E-state index contributed by atoms with van der Waals surface area (Å²) in [7, 11) is 1.25. The Hall–Kier alpha value is -4.88. The van der Waals surface area contributed by atoms with Gasteiger partial charge in [-0.15, -0.1) is 0 Å². The lowest BCUT2D eigenvalue weighted by atomic mass is 10.1. The van der Waals surface area contributed by atoms with Crippen LogP contribution in [-0.2, 0) is 32.1 Å². The minimum atomic E-state index is -0.909. The molecular weight excluding hydrogens is 518 g/mol. The Morgan fingerprint density at radius 1 is 1.10 bits per heavy atom. The molecule has 40 heavy (non-hydrogen) atoms. The number of nitrogen functional groups attached to an aromatic ring is 2. The van der Waals surface area contributed by atoms with Gasteiger partial charge >= 0.3 is 5.97 Å². The number of nitrogens with zero attached hydrogens (tertiary/aromatic N) is 6. The molecule has 1 saturated heterocycles. The Kier molecular flexibility index (Phi) is 7.40. The number of carbonyl (C=O) groups is 4. The van der Waals surface area contributed by atoms with E-state index < -0.39 is 17.9 Å². The molecule has 0 spiro atoms. The fourth-order valence-electron chi connectivity index (χ4n) is 4.99. The summed E-state index contributed by atoms with van der Waals surface area (Å²) in [5.74, 6) is -1.24. The van der Waals surface area contributed by atoms with Crippen molar-refractivity contribution in [1.82, 2.24) is 30.2 Å². The number of ether oxygens (including phenoxy) is 1. The van der Waals surface area contributed by atoms with Crippen LogP contribution in [0.25, 0.3) is 11.2 Å². The van der Waals surface area contributed by atoms with Gasteiger partial charge in [-0.25, -0.2) is 14.8 Å². The van der Waals surface area contributed by atoms with Gasteiger partial charge in [0.1, 0.15) is 6.04 Å². The number of likely N-dealkylation sites (tertiary alicyclic amines) is 1. The first-order chi connectivity index (χ1) is 19.2. The summed E-state index contributed by atoms with van der Waals surface area (Å²) in [6, 6.07) is 4.46. The average molecular weight is 548 g/mol. The van der Waals surface area contributed by atoms with Crippen LogP contribution in [0.15, 0.2) is 24.4 Å². The zero-order valence-corrected chi connectivity index (χ0v) is 21.9. The summed E-state index contributed by atoms with van der Waals surface area (Å²) in [5.41, 5.74) is 15.3. The number of fused-ring (bicyclic) bond motifs is 2. The summed E-state index contributed by atoms with van der Waals surface area (Å²) in [5, 5.41) is 2.73. The first kappa shape index (κ1) is 26.7. The molecule has 5 rings (SSSR count). The molecule has 14 nitrogen and oxygen atoms in total. The molecule has 1 atom stereocenters. The molecule has 208 valence electrons. The SMILES string of the molecule is COC(=O)[C@H](CCCN1C(=O)CCC1=O)NC(=O)c1ccc2c(c1)CCN2Cc1cnc2nc(N)nc(N)c2n1. The van der Waals surface area contributed by atoms with Gasteiger partial charge in [-0.1, -0.05) is 0 Å². The number of benzene rings is 1. The number of carbonyl (C=O) groups excluding carboxylic acids is 4. The number of hydrogen-bond acceptors (Lipinski definition) is 12. The monoisotopic (exact) mass is 547 g/mol. The maximum atomic E-state index is 13.0. The normalized spacial score (nSPS) is 15.4. The number of hydrogen-bond donors (Lipinski definition) is 3. The second kappa shape index (κ2) is 11.1. The van der Waals surface area contributed by atoms with Gasteiger partial charge in [0, 0.05) is 37.2 Å².